The first kappa shape index (κ1) is 15.0. The highest BCUT2D eigenvalue weighted by Gasteiger charge is 2.32. The lowest BCUT2D eigenvalue weighted by atomic mass is 10.0. The lowest BCUT2D eigenvalue weighted by Crippen LogP contribution is -2.49. The molecule has 1 aromatic rings. The SMILES string of the molecule is NCC(c1ccc(Br)c(Br)c1)N1CCN(C2CC2)CC1. The number of nitrogens with two attached hydrogens (primary N) is 1. The Morgan fingerprint density at radius 1 is 1.10 bits per heavy atom. The molecule has 0 radical (unpaired) electrons. The van der Waals surface area contributed by atoms with Crippen molar-refractivity contribution in [1.82, 2.24) is 9.80 Å². The summed E-state index contributed by atoms with van der Waals surface area (Å²) >= 11 is 7.12. The summed E-state index contributed by atoms with van der Waals surface area (Å²) in [4.78, 5) is 5.18. The summed E-state index contributed by atoms with van der Waals surface area (Å²) in [6.07, 6.45) is 2.81. The highest BCUT2D eigenvalue weighted by atomic mass is 79.9. The molecule has 1 aliphatic heterocycles. The monoisotopic (exact) mass is 401 g/mol. The first-order valence-corrected chi connectivity index (χ1v) is 8.90. The molecule has 2 aliphatic rings. The van der Waals surface area contributed by atoms with Crippen molar-refractivity contribution in [2.24, 2.45) is 5.73 Å². The molecule has 20 heavy (non-hydrogen) atoms. The van der Waals surface area contributed by atoms with Gasteiger partial charge in [-0.1, -0.05) is 6.07 Å². The molecule has 1 atom stereocenters. The Morgan fingerprint density at radius 3 is 2.35 bits per heavy atom. The Kier molecular flexibility index (Phi) is 4.82. The molecular formula is C15H21Br2N3. The minimum absolute atomic E-state index is 0.334. The minimum atomic E-state index is 0.334. The molecule has 2 N–H and O–H groups in total. The number of piperazine rings is 1. The molecule has 3 nitrogen and oxygen atoms in total. The lowest BCUT2D eigenvalue weighted by molar-refractivity contribution is 0.0938. The summed E-state index contributed by atoms with van der Waals surface area (Å²) in [6.45, 7) is 5.33. The fourth-order valence-corrected chi connectivity index (χ4v) is 3.71. The Bertz CT molecular complexity index is 468. The standard InChI is InChI=1S/C15H21Br2N3/c16-13-4-1-11(9-14(13)17)15(10-18)20-7-5-19(6-8-20)12-2-3-12/h1,4,9,12,15H,2-3,5-8,10,18H2. The van der Waals surface area contributed by atoms with Crippen LogP contribution in [0.2, 0.25) is 0 Å². The van der Waals surface area contributed by atoms with Crippen LogP contribution in [0, 0.1) is 0 Å². The third kappa shape index (κ3) is 3.28. The zero-order chi connectivity index (χ0) is 14.1. The van der Waals surface area contributed by atoms with Crippen molar-refractivity contribution in [3.8, 4) is 0 Å². The van der Waals surface area contributed by atoms with Gasteiger partial charge in [0.1, 0.15) is 0 Å². The summed E-state index contributed by atoms with van der Waals surface area (Å²) < 4.78 is 2.20. The normalized spacial score (nSPS) is 22.9. The van der Waals surface area contributed by atoms with Crippen LogP contribution in [0.3, 0.4) is 0 Å². The van der Waals surface area contributed by atoms with Gasteiger partial charge in [0.25, 0.3) is 0 Å². The van der Waals surface area contributed by atoms with Crippen LogP contribution < -0.4 is 5.73 Å². The van der Waals surface area contributed by atoms with E-state index >= 15 is 0 Å². The van der Waals surface area contributed by atoms with E-state index in [4.69, 9.17) is 5.73 Å². The van der Waals surface area contributed by atoms with E-state index in [0.29, 0.717) is 12.6 Å². The Morgan fingerprint density at radius 2 is 1.80 bits per heavy atom. The second-order valence-corrected chi connectivity index (χ2v) is 7.44. The van der Waals surface area contributed by atoms with Crippen molar-refractivity contribution in [3.05, 3.63) is 32.7 Å². The van der Waals surface area contributed by atoms with Gasteiger partial charge in [-0.15, -0.1) is 0 Å². The van der Waals surface area contributed by atoms with E-state index in [0.717, 1.165) is 28.1 Å². The van der Waals surface area contributed by atoms with Gasteiger partial charge < -0.3 is 5.73 Å². The summed E-state index contributed by atoms with van der Waals surface area (Å²) in [6, 6.07) is 7.69. The second kappa shape index (κ2) is 6.44. The van der Waals surface area contributed by atoms with E-state index in [2.05, 4.69) is 59.9 Å². The molecule has 0 amide bonds. The van der Waals surface area contributed by atoms with Gasteiger partial charge in [0.2, 0.25) is 0 Å². The molecule has 0 aromatic heterocycles. The fourth-order valence-electron chi connectivity index (χ4n) is 3.07. The Balaban J connectivity index is 1.68. The van der Waals surface area contributed by atoms with Crippen LogP contribution in [-0.4, -0.2) is 48.6 Å². The highest BCUT2D eigenvalue weighted by molar-refractivity contribution is 9.13. The molecule has 3 rings (SSSR count). The maximum absolute atomic E-state index is 6.05. The van der Waals surface area contributed by atoms with Gasteiger partial charge in [-0.3, -0.25) is 9.80 Å². The molecule has 5 heteroatoms. The molecule has 1 saturated carbocycles. The van der Waals surface area contributed by atoms with Crippen molar-refractivity contribution in [2.45, 2.75) is 24.9 Å². The van der Waals surface area contributed by atoms with Crippen molar-refractivity contribution in [3.63, 3.8) is 0 Å². The summed E-state index contributed by atoms with van der Waals surface area (Å²) in [5.41, 5.74) is 7.36. The van der Waals surface area contributed by atoms with Crippen molar-refractivity contribution < 1.29 is 0 Å². The minimum Gasteiger partial charge on any atom is -0.329 e. The molecular weight excluding hydrogens is 382 g/mol. The number of hydrogen-bond acceptors (Lipinski definition) is 3. The van der Waals surface area contributed by atoms with Crippen molar-refractivity contribution in [2.75, 3.05) is 32.7 Å². The van der Waals surface area contributed by atoms with Crippen molar-refractivity contribution in [1.29, 1.82) is 0 Å². The predicted octanol–water partition coefficient (Wildman–Crippen LogP) is 2.99. The highest BCUT2D eigenvalue weighted by Crippen LogP contribution is 2.31. The van der Waals surface area contributed by atoms with Crippen LogP contribution in [0.15, 0.2) is 27.1 Å². The largest absolute Gasteiger partial charge is 0.329 e. The van der Waals surface area contributed by atoms with Crippen LogP contribution in [-0.2, 0) is 0 Å². The quantitative estimate of drug-likeness (QED) is 0.840. The third-order valence-electron chi connectivity index (χ3n) is 4.40. The van der Waals surface area contributed by atoms with Crippen LogP contribution in [0.5, 0.6) is 0 Å². The topological polar surface area (TPSA) is 32.5 Å². The van der Waals surface area contributed by atoms with E-state index in [9.17, 15) is 0 Å². The van der Waals surface area contributed by atoms with Gasteiger partial charge >= 0.3 is 0 Å². The van der Waals surface area contributed by atoms with E-state index < -0.39 is 0 Å². The summed E-state index contributed by atoms with van der Waals surface area (Å²) in [7, 11) is 0. The van der Waals surface area contributed by atoms with Gasteiger partial charge in [0, 0.05) is 53.8 Å². The number of halogens is 2. The lowest BCUT2D eigenvalue weighted by Gasteiger charge is -2.39. The van der Waals surface area contributed by atoms with E-state index in [-0.39, 0.29) is 0 Å². The van der Waals surface area contributed by atoms with Crippen LogP contribution in [0.4, 0.5) is 0 Å². The van der Waals surface area contributed by atoms with Crippen LogP contribution in [0.1, 0.15) is 24.4 Å². The summed E-state index contributed by atoms with van der Waals surface area (Å²) in [5.74, 6) is 0. The Labute approximate surface area is 137 Å². The molecule has 0 spiro atoms. The van der Waals surface area contributed by atoms with Gasteiger partial charge in [-0.2, -0.15) is 0 Å². The molecule has 1 aliphatic carbocycles. The van der Waals surface area contributed by atoms with Gasteiger partial charge in [-0.25, -0.2) is 0 Å². The second-order valence-electron chi connectivity index (χ2n) is 5.73. The first-order chi connectivity index (χ1) is 9.69. The maximum atomic E-state index is 6.05. The van der Waals surface area contributed by atoms with E-state index in [1.165, 1.54) is 31.5 Å². The molecule has 110 valence electrons. The van der Waals surface area contributed by atoms with Gasteiger partial charge in [0.05, 0.1) is 0 Å². The Hall–Kier alpha value is 0.0600. The molecule has 1 heterocycles. The third-order valence-corrected chi connectivity index (χ3v) is 6.28. The first-order valence-electron chi connectivity index (χ1n) is 7.32. The average molecular weight is 403 g/mol. The van der Waals surface area contributed by atoms with Crippen molar-refractivity contribution >= 4 is 31.9 Å². The zero-order valence-corrected chi connectivity index (χ0v) is 14.7. The number of hydrogen-bond donors (Lipinski definition) is 1. The van der Waals surface area contributed by atoms with Crippen LogP contribution in [0.25, 0.3) is 0 Å². The zero-order valence-electron chi connectivity index (χ0n) is 11.6. The molecule has 1 unspecified atom stereocenters. The van der Waals surface area contributed by atoms with E-state index in [1.54, 1.807) is 0 Å². The van der Waals surface area contributed by atoms with Gasteiger partial charge in [0.15, 0.2) is 0 Å². The molecule has 1 aromatic carbocycles. The molecule has 2 fully saturated rings. The molecule has 0 bridgehead atoms. The average Bonchev–Trinajstić information content (AvgIpc) is 3.29. The number of benzene rings is 1. The van der Waals surface area contributed by atoms with E-state index in [1.807, 2.05) is 0 Å². The number of nitrogens with zero attached hydrogens (tertiary/aromatic N) is 2. The molecule has 1 saturated heterocycles. The van der Waals surface area contributed by atoms with Crippen LogP contribution >= 0.6 is 31.9 Å². The smallest absolute Gasteiger partial charge is 0.0471 e. The predicted molar refractivity (Wildman–Crippen MR) is 89.8 cm³/mol. The maximum Gasteiger partial charge on any atom is 0.0471 e. The van der Waals surface area contributed by atoms with Gasteiger partial charge in [-0.05, 0) is 62.4 Å². The fraction of sp³-hybridized carbons (Fsp3) is 0.600. The summed E-state index contributed by atoms with van der Waals surface area (Å²) in [5, 5.41) is 0. The number of rotatable bonds is 4.